The number of oxime groups is 1. The number of amides is 1. The van der Waals surface area contributed by atoms with E-state index in [4.69, 9.17) is 10.9 Å². The largest absolute Gasteiger partial charge is 0.409 e. The second-order valence-electron chi connectivity index (χ2n) is 5.21. The summed E-state index contributed by atoms with van der Waals surface area (Å²) in [5.41, 5.74) is 6.54. The summed E-state index contributed by atoms with van der Waals surface area (Å²) in [6, 6.07) is 6.71. The zero-order valence-electron chi connectivity index (χ0n) is 12.1. The summed E-state index contributed by atoms with van der Waals surface area (Å²) in [7, 11) is 0. The Morgan fingerprint density at radius 2 is 2.05 bits per heavy atom. The molecule has 0 aliphatic carbocycles. The van der Waals surface area contributed by atoms with Crippen LogP contribution in [0.25, 0.3) is 0 Å². The molecule has 1 rings (SSSR count). The molecule has 0 radical (unpaired) electrons. The predicted octanol–water partition coefficient (Wildman–Crippen LogP) is 2.34. The van der Waals surface area contributed by atoms with Crippen LogP contribution < -0.4 is 11.1 Å². The number of benzene rings is 1. The van der Waals surface area contributed by atoms with E-state index in [1.165, 1.54) is 6.42 Å². The molecule has 0 spiro atoms. The zero-order chi connectivity index (χ0) is 15.0. The third-order valence-corrected chi connectivity index (χ3v) is 3.02. The van der Waals surface area contributed by atoms with Crippen LogP contribution in [0.3, 0.4) is 0 Å². The molecular formula is C15H23N3O2. The maximum Gasteiger partial charge on any atom is 0.251 e. The molecule has 1 amide bonds. The van der Waals surface area contributed by atoms with Gasteiger partial charge in [0.2, 0.25) is 0 Å². The van der Waals surface area contributed by atoms with E-state index in [0.717, 1.165) is 12.8 Å². The van der Waals surface area contributed by atoms with Crippen LogP contribution in [0.15, 0.2) is 29.4 Å². The first kappa shape index (κ1) is 16.0. The minimum atomic E-state index is -0.137. The molecule has 1 aromatic carbocycles. The Balaban J connectivity index is 2.47. The number of hydrogen-bond acceptors (Lipinski definition) is 3. The summed E-state index contributed by atoms with van der Waals surface area (Å²) in [4.78, 5) is 12.0. The highest BCUT2D eigenvalue weighted by Gasteiger charge is 2.07. The van der Waals surface area contributed by atoms with Crippen molar-refractivity contribution in [3.05, 3.63) is 35.4 Å². The van der Waals surface area contributed by atoms with Gasteiger partial charge in [-0.15, -0.1) is 0 Å². The van der Waals surface area contributed by atoms with Crippen molar-refractivity contribution in [1.29, 1.82) is 0 Å². The molecule has 0 fully saturated rings. The van der Waals surface area contributed by atoms with Crippen LogP contribution in [-0.2, 0) is 0 Å². The smallest absolute Gasteiger partial charge is 0.251 e. The van der Waals surface area contributed by atoms with Crippen molar-refractivity contribution in [1.82, 2.24) is 5.32 Å². The van der Waals surface area contributed by atoms with Gasteiger partial charge >= 0.3 is 0 Å². The minimum Gasteiger partial charge on any atom is -0.409 e. The second kappa shape index (κ2) is 8.19. The van der Waals surface area contributed by atoms with Crippen LogP contribution >= 0.6 is 0 Å². The Bertz CT molecular complexity index is 470. The topological polar surface area (TPSA) is 87.7 Å². The van der Waals surface area contributed by atoms with Crippen molar-refractivity contribution in [3.8, 4) is 0 Å². The van der Waals surface area contributed by atoms with E-state index < -0.39 is 0 Å². The first-order valence-electron chi connectivity index (χ1n) is 6.90. The highest BCUT2D eigenvalue weighted by atomic mass is 16.4. The van der Waals surface area contributed by atoms with Crippen molar-refractivity contribution in [3.63, 3.8) is 0 Å². The van der Waals surface area contributed by atoms with Gasteiger partial charge in [-0.2, -0.15) is 0 Å². The molecule has 0 unspecified atom stereocenters. The quantitative estimate of drug-likeness (QED) is 0.235. The van der Waals surface area contributed by atoms with Gasteiger partial charge in [0.05, 0.1) is 0 Å². The molecule has 1 aromatic rings. The first-order valence-corrected chi connectivity index (χ1v) is 6.90. The van der Waals surface area contributed by atoms with E-state index in [1.54, 1.807) is 24.3 Å². The fourth-order valence-corrected chi connectivity index (χ4v) is 1.86. The maximum atomic E-state index is 12.0. The molecule has 0 aliphatic rings. The molecule has 0 heterocycles. The molecule has 0 saturated heterocycles. The van der Waals surface area contributed by atoms with Gasteiger partial charge in [-0.05, 0) is 24.5 Å². The van der Waals surface area contributed by atoms with E-state index in [9.17, 15) is 4.79 Å². The lowest BCUT2D eigenvalue weighted by molar-refractivity contribution is 0.0953. The fraction of sp³-hybridized carbons (Fsp3) is 0.467. The number of rotatable bonds is 7. The van der Waals surface area contributed by atoms with Crippen LogP contribution in [-0.4, -0.2) is 23.5 Å². The molecule has 0 aliphatic heterocycles. The van der Waals surface area contributed by atoms with E-state index in [-0.39, 0.29) is 11.7 Å². The number of nitrogens with one attached hydrogen (secondary N) is 1. The van der Waals surface area contributed by atoms with Gasteiger partial charge < -0.3 is 16.3 Å². The highest BCUT2D eigenvalue weighted by molar-refractivity contribution is 6.01. The van der Waals surface area contributed by atoms with Crippen LogP contribution in [0, 0.1) is 5.92 Å². The van der Waals surface area contributed by atoms with E-state index in [2.05, 4.69) is 24.3 Å². The van der Waals surface area contributed by atoms with Crippen molar-refractivity contribution in [2.75, 3.05) is 6.54 Å². The summed E-state index contributed by atoms with van der Waals surface area (Å²) >= 11 is 0. The summed E-state index contributed by atoms with van der Waals surface area (Å²) < 4.78 is 0. The number of unbranched alkanes of at least 4 members (excludes halogenated alkanes) is 1. The van der Waals surface area contributed by atoms with E-state index in [0.29, 0.717) is 23.6 Å². The maximum absolute atomic E-state index is 12.0. The number of amidine groups is 1. The van der Waals surface area contributed by atoms with E-state index in [1.807, 2.05) is 0 Å². The van der Waals surface area contributed by atoms with Gasteiger partial charge in [-0.25, -0.2) is 0 Å². The van der Waals surface area contributed by atoms with Gasteiger partial charge in [0.25, 0.3) is 5.91 Å². The number of hydrogen-bond donors (Lipinski definition) is 3. The van der Waals surface area contributed by atoms with Crippen LogP contribution in [0.5, 0.6) is 0 Å². The number of carbonyl (C=O) groups is 1. The average Bonchev–Trinajstić information content (AvgIpc) is 2.45. The molecule has 4 N–H and O–H groups in total. The van der Waals surface area contributed by atoms with Gasteiger partial charge in [0.1, 0.15) is 0 Å². The van der Waals surface area contributed by atoms with Crippen LogP contribution in [0.4, 0.5) is 0 Å². The number of nitrogens with two attached hydrogens (primary N) is 1. The van der Waals surface area contributed by atoms with E-state index >= 15 is 0 Å². The highest BCUT2D eigenvalue weighted by Crippen LogP contribution is 2.07. The third-order valence-electron chi connectivity index (χ3n) is 3.02. The van der Waals surface area contributed by atoms with Gasteiger partial charge in [0, 0.05) is 17.7 Å². The molecule has 0 aromatic heterocycles. The van der Waals surface area contributed by atoms with Crippen molar-refractivity contribution < 1.29 is 10.0 Å². The zero-order valence-corrected chi connectivity index (χ0v) is 12.1. The van der Waals surface area contributed by atoms with Gasteiger partial charge in [-0.1, -0.05) is 44.0 Å². The third kappa shape index (κ3) is 5.30. The van der Waals surface area contributed by atoms with Crippen LogP contribution in [0.1, 0.15) is 49.0 Å². The minimum absolute atomic E-state index is 0.00316. The summed E-state index contributed by atoms with van der Waals surface area (Å²) in [6.45, 7) is 5.05. The molecule has 20 heavy (non-hydrogen) atoms. The molecule has 5 nitrogen and oxygen atoms in total. The van der Waals surface area contributed by atoms with Gasteiger partial charge in [0.15, 0.2) is 5.84 Å². The Labute approximate surface area is 119 Å². The molecule has 110 valence electrons. The predicted molar refractivity (Wildman–Crippen MR) is 80.0 cm³/mol. The van der Waals surface area contributed by atoms with Crippen molar-refractivity contribution >= 4 is 11.7 Å². The summed E-state index contributed by atoms with van der Waals surface area (Å²) in [6.07, 6.45) is 3.26. The van der Waals surface area contributed by atoms with Gasteiger partial charge in [-0.3, -0.25) is 4.79 Å². The fourth-order valence-electron chi connectivity index (χ4n) is 1.86. The lowest BCUT2D eigenvalue weighted by Crippen LogP contribution is -2.25. The standard InChI is InChI=1S/C15H23N3O2/c1-11(2)6-3-4-9-17-15(19)13-8-5-7-12(10-13)14(16)18-20/h5,7-8,10-11,20H,3-4,6,9H2,1-2H3,(H2,16,18)(H,17,19). The number of nitrogens with zero attached hydrogens (tertiary/aromatic N) is 1. The Morgan fingerprint density at radius 3 is 2.70 bits per heavy atom. The monoisotopic (exact) mass is 277 g/mol. The normalized spacial score (nSPS) is 11.7. The lowest BCUT2D eigenvalue weighted by Gasteiger charge is -2.07. The summed E-state index contributed by atoms with van der Waals surface area (Å²) in [5, 5.41) is 14.4. The second-order valence-corrected chi connectivity index (χ2v) is 5.21. The Kier molecular flexibility index (Phi) is 6.56. The molecule has 0 bridgehead atoms. The Hall–Kier alpha value is -2.04. The number of carbonyl (C=O) groups excluding carboxylic acids is 1. The first-order chi connectivity index (χ1) is 9.54. The lowest BCUT2D eigenvalue weighted by atomic mass is 10.1. The van der Waals surface area contributed by atoms with Crippen molar-refractivity contribution in [2.24, 2.45) is 16.8 Å². The molecular weight excluding hydrogens is 254 g/mol. The molecule has 0 saturated carbocycles. The summed E-state index contributed by atoms with van der Waals surface area (Å²) in [5.74, 6) is 0.557. The molecule has 0 atom stereocenters. The average molecular weight is 277 g/mol. The molecule has 5 heteroatoms. The Morgan fingerprint density at radius 1 is 1.35 bits per heavy atom. The SMILES string of the molecule is CC(C)CCCCNC(=O)c1cccc(/C(N)=N/O)c1. The van der Waals surface area contributed by atoms with Crippen molar-refractivity contribution in [2.45, 2.75) is 33.1 Å². The van der Waals surface area contributed by atoms with Crippen LogP contribution in [0.2, 0.25) is 0 Å².